The average Bonchev–Trinajstić information content (AvgIpc) is 2.88. The molecule has 0 saturated carbocycles. The summed E-state index contributed by atoms with van der Waals surface area (Å²) in [5.41, 5.74) is 2.12. The molecule has 37 heavy (non-hydrogen) atoms. The highest BCUT2D eigenvalue weighted by Crippen LogP contribution is 2.29. The Labute approximate surface area is 218 Å². The van der Waals surface area contributed by atoms with E-state index in [9.17, 15) is 14.4 Å². The number of carbonyl (C=O) groups excluding carboxylic acids is 2. The third-order valence-electron chi connectivity index (χ3n) is 6.34. The molecule has 188 valence electrons. The van der Waals surface area contributed by atoms with Gasteiger partial charge < -0.3 is 10.2 Å². The molecule has 1 N–H and O–H groups in total. The van der Waals surface area contributed by atoms with Gasteiger partial charge in [0, 0.05) is 47.4 Å². The number of carbonyl (C=O) groups is 2. The lowest BCUT2D eigenvalue weighted by Crippen LogP contribution is -2.56. The summed E-state index contributed by atoms with van der Waals surface area (Å²) < 4.78 is 1.29. The molecule has 10 heteroatoms. The Hall–Kier alpha value is -4.11. The zero-order chi connectivity index (χ0) is 26.2. The Morgan fingerprint density at radius 3 is 2.46 bits per heavy atom. The molecule has 4 heterocycles. The minimum Gasteiger partial charge on any atom is -0.348 e. The fourth-order valence-electron chi connectivity index (χ4n) is 4.47. The molecule has 1 saturated heterocycles. The van der Waals surface area contributed by atoms with E-state index in [1.165, 1.54) is 10.6 Å². The van der Waals surface area contributed by atoms with E-state index in [-0.39, 0.29) is 30.0 Å². The quantitative estimate of drug-likeness (QED) is 0.421. The molecular weight excluding hydrogens is 492 g/mol. The maximum absolute atomic E-state index is 13.5. The van der Waals surface area contributed by atoms with Crippen LogP contribution in [0.25, 0.3) is 22.2 Å². The minimum absolute atomic E-state index is 0.0534. The second-order valence-electron chi connectivity index (χ2n) is 9.94. The SMILES string of the molecule is CC1(C)CN(C(=O)Cn2c(=O)c(C(=O)NCc3ccc(Cl)cc3)cc3cc(-c4ccnnc4)cnc32)C1. The summed E-state index contributed by atoms with van der Waals surface area (Å²) >= 11 is 5.94. The van der Waals surface area contributed by atoms with Gasteiger partial charge in [0.2, 0.25) is 5.91 Å². The van der Waals surface area contributed by atoms with Gasteiger partial charge >= 0.3 is 0 Å². The minimum atomic E-state index is -0.569. The molecule has 9 nitrogen and oxygen atoms in total. The van der Waals surface area contributed by atoms with Crippen LogP contribution in [0.3, 0.4) is 0 Å². The topological polar surface area (TPSA) is 110 Å². The van der Waals surface area contributed by atoms with Crippen LogP contribution < -0.4 is 10.9 Å². The van der Waals surface area contributed by atoms with Crippen molar-refractivity contribution in [3.8, 4) is 11.1 Å². The number of halogens is 1. The summed E-state index contributed by atoms with van der Waals surface area (Å²) in [6.45, 7) is 5.42. The Bertz CT molecular complexity index is 1540. The number of nitrogens with one attached hydrogen (secondary N) is 1. The molecule has 0 aliphatic carbocycles. The number of amides is 2. The summed E-state index contributed by atoms with van der Waals surface area (Å²) in [6, 6.07) is 12.2. The van der Waals surface area contributed by atoms with Gasteiger partial charge in [0.15, 0.2) is 0 Å². The maximum atomic E-state index is 13.5. The number of rotatable bonds is 6. The zero-order valence-electron chi connectivity index (χ0n) is 20.4. The zero-order valence-corrected chi connectivity index (χ0v) is 21.2. The van der Waals surface area contributed by atoms with Crippen LogP contribution in [-0.2, 0) is 17.9 Å². The molecule has 0 bridgehead atoms. The molecule has 1 aliphatic heterocycles. The van der Waals surface area contributed by atoms with Gasteiger partial charge in [-0.25, -0.2) is 4.98 Å². The first-order valence-corrected chi connectivity index (χ1v) is 12.2. The van der Waals surface area contributed by atoms with Crippen LogP contribution in [0, 0.1) is 5.41 Å². The molecule has 5 rings (SSSR count). The maximum Gasteiger partial charge on any atom is 0.265 e. The summed E-state index contributed by atoms with van der Waals surface area (Å²) in [5.74, 6) is -0.727. The number of aromatic nitrogens is 4. The van der Waals surface area contributed by atoms with Gasteiger partial charge in [-0.2, -0.15) is 10.2 Å². The van der Waals surface area contributed by atoms with E-state index in [1.807, 2.05) is 6.07 Å². The van der Waals surface area contributed by atoms with Crippen LogP contribution in [0.15, 0.2) is 65.8 Å². The molecule has 2 amide bonds. The van der Waals surface area contributed by atoms with Gasteiger partial charge in [0.25, 0.3) is 11.5 Å². The first-order chi connectivity index (χ1) is 17.7. The Balaban J connectivity index is 1.52. The van der Waals surface area contributed by atoms with Gasteiger partial charge in [0.1, 0.15) is 17.8 Å². The van der Waals surface area contributed by atoms with Crippen molar-refractivity contribution < 1.29 is 9.59 Å². The smallest absolute Gasteiger partial charge is 0.265 e. The number of likely N-dealkylation sites (tertiary alicyclic amines) is 1. The third kappa shape index (κ3) is 5.22. The van der Waals surface area contributed by atoms with E-state index in [2.05, 4.69) is 34.3 Å². The van der Waals surface area contributed by atoms with E-state index >= 15 is 0 Å². The lowest BCUT2D eigenvalue weighted by atomic mass is 9.84. The van der Waals surface area contributed by atoms with Crippen molar-refractivity contribution in [3.05, 3.63) is 87.6 Å². The Kier molecular flexibility index (Phi) is 6.47. The van der Waals surface area contributed by atoms with E-state index < -0.39 is 11.5 Å². The summed E-state index contributed by atoms with van der Waals surface area (Å²) in [4.78, 5) is 45.8. The molecule has 0 radical (unpaired) electrons. The van der Waals surface area contributed by atoms with Gasteiger partial charge in [0.05, 0.1) is 12.4 Å². The van der Waals surface area contributed by atoms with Gasteiger partial charge in [-0.3, -0.25) is 19.0 Å². The number of pyridine rings is 2. The lowest BCUT2D eigenvalue weighted by Gasteiger charge is -2.45. The molecule has 0 spiro atoms. The Morgan fingerprint density at radius 2 is 1.78 bits per heavy atom. The fraction of sp³-hybridized carbons (Fsp3) is 0.259. The molecular formula is C27H25ClN6O3. The first-order valence-electron chi connectivity index (χ1n) is 11.8. The standard InChI is InChI=1S/C27H25ClN6O3/c1-27(2)15-33(16-27)23(35)14-34-24-19(9-20(12-29-24)18-7-8-31-32-13-18)10-22(26(34)37)25(36)30-11-17-3-5-21(28)6-4-17/h3-10,12-13H,11,14-16H2,1-2H3,(H,30,36). The predicted molar refractivity (Wildman–Crippen MR) is 140 cm³/mol. The van der Waals surface area contributed by atoms with E-state index in [4.69, 9.17) is 11.6 Å². The van der Waals surface area contributed by atoms with Crippen LogP contribution in [0.4, 0.5) is 0 Å². The number of benzene rings is 1. The third-order valence-corrected chi connectivity index (χ3v) is 6.59. The van der Waals surface area contributed by atoms with E-state index in [0.717, 1.165) is 16.7 Å². The van der Waals surface area contributed by atoms with Crippen molar-refractivity contribution >= 4 is 34.4 Å². The second-order valence-corrected chi connectivity index (χ2v) is 10.4. The molecule has 1 aromatic carbocycles. The molecule has 0 atom stereocenters. The molecule has 1 aliphatic rings. The normalized spacial score (nSPS) is 14.3. The molecule has 1 fully saturated rings. The molecule has 4 aromatic rings. The number of nitrogens with zero attached hydrogens (tertiary/aromatic N) is 5. The average molecular weight is 517 g/mol. The number of hydrogen-bond acceptors (Lipinski definition) is 6. The van der Waals surface area contributed by atoms with Crippen molar-refractivity contribution in [2.45, 2.75) is 26.9 Å². The number of hydrogen-bond donors (Lipinski definition) is 1. The van der Waals surface area contributed by atoms with Crippen molar-refractivity contribution in [2.24, 2.45) is 5.41 Å². The lowest BCUT2D eigenvalue weighted by molar-refractivity contribution is -0.142. The highest BCUT2D eigenvalue weighted by Gasteiger charge is 2.37. The fourth-order valence-corrected chi connectivity index (χ4v) is 4.60. The van der Waals surface area contributed by atoms with Crippen LogP contribution in [0.5, 0.6) is 0 Å². The van der Waals surface area contributed by atoms with Crippen molar-refractivity contribution in [2.75, 3.05) is 13.1 Å². The second kappa shape index (κ2) is 9.74. The van der Waals surface area contributed by atoms with E-state index in [0.29, 0.717) is 29.1 Å². The van der Waals surface area contributed by atoms with Gasteiger partial charge in [-0.15, -0.1) is 0 Å². The number of fused-ring (bicyclic) bond motifs is 1. The molecule has 0 unspecified atom stereocenters. The first kappa shape index (κ1) is 24.6. The molecule has 3 aromatic heterocycles. The Morgan fingerprint density at radius 1 is 1.03 bits per heavy atom. The highest BCUT2D eigenvalue weighted by atomic mass is 35.5. The van der Waals surface area contributed by atoms with Crippen LogP contribution in [-0.4, -0.2) is 49.6 Å². The van der Waals surface area contributed by atoms with E-state index in [1.54, 1.807) is 53.8 Å². The van der Waals surface area contributed by atoms with Crippen molar-refractivity contribution in [3.63, 3.8) is 0 Å². The predicted octanol–water partition coefficient (Wildman–Crippen LogP) is 3.31. The van der Waals surface area contributed by atoms with Gasteiger partial charge in [-0.05, 0) is 41.3 Å². The largest absolute Gasteiger partial charge is 0.348 e. The van der Waals surface area contributed by atoms with Gasteiger partial charge in [-0.1, -0.05) is 37.6 Å². The van der Waals surface area contributed by atoms with Crippen LogP contribution >= 0.6 is 11.6 Å². The van der Waals surface area contributed by atoms with Crippen molar-refractivity contribution in [1.82, 2.24) is 30.0 Å². The summed E-state index contributed by atoms with van der Waals surface area (Å²) in [6.07, 6.45) is 4.80. The van der Waals surface area contributed by atoms with Crippen LogP contribution in [0.1, 0.15) is 29.8 Å². The van der Waals surface area contributed by atoms with Crippen LogP contribution in [0.2, 0.25) is 5.02 Å². The summed E-state index contributed by atoms with van der Waals surface area (Å²) in [5, 5.41) is 11.7. The van der Waals surface area contributed by atoms with Crippen molar-refractivity contribution in [1.29, 1.82) is 0 Å². The highest BCUT2D eigenvalue weighted by molar-refractivity contribution is 6.30. The monoisotopic (exact) mass is 516 g/mol. The summed E-state index contributed by atoms with van der Waals surface area (Å²) in [7, 11) is 0.